The number of rotatable bonds is 4. The van der Waals surface area contributed by atoms with Crippen molar-refractivity contribution in [1.29, 1.82) is 0 Å². The number of benzene rings is 1. The van der Waals surface area contributed by atoms with Crippen LogP contribution in [0.2, 0.25) is 5.02 Å². The average Bonchev–Trinajstić information content (AvgIpc) is 3.07. The highest BCUT2D eigenvalue weighted by molar-refractivity contribution is 6.31. The Hall–Kier alpha value is -1.46. The van der Waals surface area contributed by atoms with Gasteiger partial charge in [-0.25, -0.2) is 0 Å². The van der Waals surface area contributed by atoms with Gasteiger partial charge in [-0.3, -0.25) is 4.79 Å². The number of fused-ring (bicyclic) bond motifs is 1. The first-order valence-corrected chi connectivity index (χ1v) is 8.16. The molecule has 1 aromatic rings. The molecule has 0 radical (unpaired) electrons. The second-order valence-electron chi connectivity index (χ2n) is 6.38. The molecular formula is C16H19ClN2O3. The third kappa shape index (κ3) is 2.52. The molecule has 3 aliphatic rings. The van der Waals surface area contributed by atoms with Crippen LogP contribution in [0.25, 0.3) is 0 Å². The molecule has 2 heterocycles. The fourth-order valence-corrected chi connectivity index (χ4v) is 3.62. The molecule has 2 N–H and O–H groups in total. The molecule has 5 nitrogen and oxygen atoms in total. The van der Waals surface area contributed by atoms with Crippen LogP contribution < -0.4 is 15.4 Å². The van der Waals surface area contributed by atoms with E-state index in [1.54, 1.807) is 6.07 Å². The van der Waals surface area contributed by atoms with Crippen LogP contribution in [0.5, 0.6) is 5.75 Å². The van der Waals surface area contributed by atoms with E-state index in [9.17, 15) is 4.79 Å². The first-order valence-electron chi connectivity index (χ1n) is 7.78. The highest BCUT2D eigenvalue weighted by Crippen LogP contribution is 2.53. The minimum Gasteiger partial charge on any atom is -0.479 e. The highest BCUT2D eigenvalue weighted by Gasteiger charge is 2.50. The molecular weight excluding hydrogens is 304 g/mol. The standard InChI is InChI=1S/C16H19ClN2O3/c17-10-6-11(15-12(7-10)19-14(20)8-22-15)18-9-16(3-4-16)13-2-1-5-21-13/h6-7,13,18H,1-5,8-9H2,(H,19,20). The number of hydrogen-bond acceptors (Lipinski definition) is 4. The van der Waals surface area contributed by atoms with Gasteiger partial charge < -0.3 is 20.1 Å². The van der Waals surface area contributed by atoms with Crippen molar-refractivity contribution in [2.24, 2.45) is 5.41 Å². The summed E-state index contributed by atoms with van der Waals surface area (Å²) in [6.45, 7) is 1.77. The number of hydrogen-bond donors (Lipinski definition) is 2. The van der Waals surface area contributed by atoms with Crippen molar-refractivity contribution in [2.75, 3.05) is 30.4 Å². The minimum atomic E-state index is -0.154. The Kier molecular flexibility index (Phi) is 3.42. The number of carbonyl (C=O) groups excluding carboxylic acids is 1. The summed E-state index contributed by atoms with van der Waals surface area (Å²) in [6, 6.07) is 3.57. The molecule has 0 spiro atoms. The number of halogens is 1. The highest BCUT2D eigenvalue weighted by atomic mass is 35.5. The van der Waals surface area contributed by atoms with Crippen LogP contribution in [0.15, 0.2) is 12.1 Å². The maximum Gasteiger partial charge on any atom is 0.262 e. The number of nitrogens with one attached hydrogen (secondary N) is 2. The predicted molar refractivity (Wildman–Crippen MR) is 84.7 cm³/mol. The molecule has 118 valence electrons. The Morgan fingerprint density at radius 1 is 1.41 bits per heavy atom. The zero-order valence-corrected chi connectivity index (χ0v) is 13.0. The molecule has 1 saturated heterocycles. The second-order valence-corrected chi connectivity index (χ2v) is 6.82. The van der Waals surface area contributed by atoms with E-state index in [0.29, 0.717) is 22.6 Å². The van der Waals surface area contributed by atoms with Gasteiger partial charge >= 0.3 is 0 Å². The topological polar surface area (TPSA) is 59.6 Å². The van der Waals surface area contributed by atoms with Crippen LogP contribution in [0, 0.1) is 5.41 Å². The molecule has 6 heteroatoms. The maximum atomic E-state index is 11.4. The Morgan fingerprint density at radius 3 is 3.00 bits per heavy atom. The van der Waals surface area contributed by atoms with Crippen molar-refractivity contribution in [3.63, 3.8) is 0 Å². The lowest BCUT2D eigenvalue weighted by molar-refractivity contribution is -0.118. The Bertz CT molecular complexity index is 610. The SMILES string of the molecule is O=C1COc2c(NCC3(C4CCCO4)CC3)cc(Cl)cc2N1. The minimum absolute atomic E-state index is 0.0419. The number of ether oxygens (including phenoxy) is 2. The molecule has 1 aliphatic carbocycles. The normalized spacial score (nSPS) is 25.1. The van der Waals surface area contributed by atoms with E-state index >= 15 is 0 Å². The van der Waals surface area contributed by atoms with Gasteiger partial charge in [0.1, 0.15) is 0 Å². The lowest BCUT2D eigenvalue weighted by atomic mass is 9.96. The van der Waals surface area contributed by atoms with Gasteiger partial charge in [-0.2, -0.15) is 0 Å². The third-order valence-electron chi connectivity index (χ3n) is 4.81. The molecule has 22 heavy (non-hydrogen) atoms. The molecule has 2 aliphatic heterocycles. The molecule has 4 rings (SSSR count). The molecule has 2 fully saturated rings. The molecule has 1 atom stereocenters. The van der Waals surface area contributed by atoms with E-state index in [1.165, 1.54) is 12.8 Å². The van der Waals surface area contributed by atoms with Crippen LogP contribution in [0.3, 0.4) is 0 Å². The summed E-state index contributed by atoms with van der Waals surface area (Å²) >= 11 is 6.15. The summed E-state index contributed by atoms with van der Waals surface area (Å²) in [6.07, 6.45) is 5.09. The molecule has 1 aromatic carbocycles. The summed E-state index contributed by atoms with van der Waals surface area (Å²) < 4.78 is 11.4. The maximum absolute atomic E-state index is 11.4. The van der Waals surface area contributed by atoms with Crippen molar-refractivity contribution in [2.45, 2.75) is 31.8 Å². The lowest BCUT2D eigenvalue weighted by Crippen LogP contribution is -2.30. The van der Waals surface area contributed by atoms with E-state index in [0.717, 1.165) is 31.7 Å². The van der Waals surface area contributed by atoms with E-state index < -0.39 is 0 Å². The van der Waals surface area contributed by atoms with Gasteiger partial charge in [-0.1, -0.05) is 11.6 Å². The Balaban J connectivity index is 1.52. The quantitative estimate of drug-likeness (QED) is 0.894. The summed E-state index contributed by atoms with van der Waals surface area (Å²) in [4.78, 5) is 11.4. The van der Waals surface area contributed by atoms with E-state index in [2.05, 4.69) is 10.6 Å². The van der Waals surface area contributed by atoms with Crippen LogP contribution in [-0.2, 0) is 9.53 Å². The fraction of sp³-hybridized carbons (Fsp3) is 0.562. The van der Waals surface area contributed by atoms with Crippen LogP contribution in [0.1, 0.15) is 25.7 Å². The van der Waals surface area contributed by atoms with Gasteiger partial charge in [0, 0.05) is 23.6 Å². The van der Waals surface area contributed by atoms with E-state index in [-0.39, 0.29) is 17.9 Å². The largest absolute Gasteiger partial charge is 0.479 e. The van der Waals surface area contributed by atoms with Crippen molar-refractivity contribution in [3.05, 3.63) is 17.2 Å². The summed E-state index contributed by atoms with van der Waals surface area (Å²) in [5, 5.41) is 6.84. The Morgan fingerprint density at radius 2 is 2.27 bits per heavy atom. The number of amides is 1. The van der Waals surface area contributed by atoms with Gasteiger partial charge in [-0.05, 0) is 37.8 Å². The van der Waals surface area contributed by atoms with E-state index in [4.69, 9.17) is 21.1 Å². The van der Waals surface area contributed by atoms with Crippen molar-refractivity contribution >= 4 is 28.9 Å². The lowest BCUT2D eigenvalue weighted by Gasteiger charge is -2.26. The number of anilines is 2. The van der Waals surface area contributed by atoms with Gasteiger partial charge in [-0.15, -0.1) is 0 Å². The van der Waals surface area contributed by atoms with E-state index in [1.807, 2.05) is 6.07 Å². The van der Waals surface area contributed by atoms with Crippen LogP contribution in [0.4, 0.5) is 11.4 Å². The summed E-state index contributed by atoms with van der Waals surface area (Å²) in [7, 11) is 0. The zero-order chi connectivity index (χ0) is 15.2. The summed E-state index contributed by atoms with van der Waals surface area (Å²) in [5.74, 6) is 0.519. The smallest absolute Gasteiger partial charge is 0.262 e. The second kappa shape index (κ2) is 5.32. The van der Waals surface area contributed by atoms with Crippen molar-refractivity contribution < 1.29 is 14.3 Å². The van der Waals surface area contributed by atoms with Gasteiger partial charge in [0.25, 0.3) is 5.91 Å². The molecule has 0 bridgehead atoms. The third-order valence-corrected chi connectivity index (χ3v) is 5.03. The monoisotopic (exact) mass is 322 g/mol. The number of carbonyl (C=O) groups is 1. The molecule has 0 aromatic heterocycles. The van der Waals surface area contributed by atoms with Crippen LogP contribution >= 0.6 is 11.6 Å². The fourth-order valence-electron chi connectivity index (χ4n) is 3.40. The Labute approximate surface area is 134 Å². The predicted octanol–water partition coefficient (Wildman–Crippen LogP) is 3.04. The van der Waals surface area contributed by atoms with Crippen LogP contribution in [-0.4, -0.2) is 31.8 Å². The van der Waals surface area contributed by atoms with Crippen molar-refractivity contribution in [3.8, 4) is 5.75 Å². The molecule has 1 saturated carbocycles. The van der Waals surface area contributed by atoms with Gasteiger partial charge in [0.05, 0.1) is 17.5 Å². The first kappa shape index (κ1) is 14.2. The molecule has 1 unspecified atom stereocenters. The van der Waals surface area contributed by atoms with Gasteiger partial charge in [0.15, 0.2) is 12.4 Å². The zero-order valence-electron chi connectivity index (χ0n) is 12.3. The molecule has 1 amide bonds. The average molecular weight is 323 g/mol. The first-order chi connectivity index (χ1) is 10.7. The van der Waals surface area contributed by atoms with Gasteiger partial charge in [0.2, 0.25) is 0 Å². The van der Waals surface area contributed by atoms with Crippen molar-refractivity contribution in [1.82, 2.24) is 0 Å². The summed E-state index contributed by atoms with van der Waals surface area (Å²) in [5.41, 5.74) is 1.73.